The standard InChI is InChI=1S/C15H19ClN2O3/c1-17-5-2-6-18(13-9-11(16)3-4-12(13)17)15(19)14-10-20-7-8-21-14/h3-4,9,14H,2,5-8,10H2,1H3/t14-/m1/s1. The first-order valence-electron chi connectivity index (χ1n) is 7.18. The molecule has 1 saturated heterocycles. The molecule has 0 unspecified atom stereocenters. The SMILES string of the molecule is CN1CCCN(C(=O)[C@H]2COCCO2)c2cc(Cl)ccc21. The Labute approximate surface area is 129 Å². The van der Waals surface area contributed by atoms with Crippen molar-refractivity contribution in [3.63, 3.8) is 0 Å². The zero-order valence-electron chi connectivity index (χ0n) is 12.0. The number of hydrogen-bond donors (Lipinski definition) is 0. The van der Waals surface area contributed by atoms with E-state index in [0.29, 0.717) is 31.4 Å². The molecular formula is C15H19ClN2O3. The molecule has 6 heteroatoms. The highest BCUT2D eigenvalue weighted by atomic mass is 35.5. The van der Waals surface area contributed by atoms with Gasteiger partial charge in [0.1, 0.15) is 0 Å². The molecule has 0 bridgehead atoms. The number of carbonyl (C=O) groups excluding carboxylic acids is 1. The third kappa shape index (κ3) is 3.00. The molecule has 1 aromatic rings. The largest absolute Gasteiger partial charge is 0.376 e. The summed E-state index contributed by atoms with van der Waals surface area (Å²) in [5.74, 6) is -0.0477. The second-order valence-electron chi connectivity index (χ2n) is 5.33. The lowest BCUT2D eigenvalue weighted by Crippen LogP contribution is -2.45. The van der Waals surface area contributed by atoms with E-state index in [4.69, 9.17) is 21.1 Å². The van der Waals surface area contributed by atoms with Crippen LogP contribution in [-0.2, 0) is 14.3 Å². The number of anilines is 2. The predicted molar refractivity (Wildman–Crippen MR) is 82.3 cm³/mol. The molecule has 1 amide bonds. The molecule has 1 fully saturated rings. The van der Waals surface area contributed by atoms with Crippen LogP contribution in [0, 0.1) is 0 Å². The number of benzene rings is 1. The van der Waals surface area contributed by atoms with Crippen LogP contribution in [-0.4, -0.2) is 52.0 Å². The molecule has 21 heavy (non-hydrogen) atoms. The Kier molecular flexibility index (Phi) is 4.33. The van der Waals surface area contributed by atoms with Crippen LogP contribution >= 0.6 is 11.6 Å². The van der Waals surface area contributed by atoms with Crippen LogP contribution in [0.25, 0.3) is 0 Å². The zero-order chi connectivity index (χ0) is 14.8. The van der Waals surface area contributed by atoms with Crippen LogP contribution in [0.3, 0.4) is 0 Å². The maximum Gasteiger partial charge on any atom is 0.258 e. The first kappa shape index (κ1) is 14.6. The number of halogens is 1. The number of rotatable bonds is 1. The lowest BCUT2D eigenvalue weighted by molar-refractivity contribution is -0.144. The summed E-state index contributed by atoms with van der Waals surface area (Å²) in [4.78, 5) is 16.7. The Balaban J connectivity index is 1.92. The lowest BCUT2D eigenvalue weighted by Gasteiger charge is -2.30. The zero-order valence-corrected chi connectivity index (χ0v) is 12.8. The lowest BCUT2D eigenvalue weighted by atomic mass is 10.2. The number of fused-ring (bicyclic) bond motifs is 1. The second-order valence-corrected chi connectivity index (χ2v) is 5.77. The Bertz CT molecular complexity index is 532. The molecule has 1 aromatic carbocycles. The Morgan fingerprint density at radius 1 is 1.29 bits per heavy atom. The number of ether oxygens (including phenoxy) is 2. The topological polar surface area (TPSA) is 42.0 Å². The molecule has 0 saturated carbocycles. The molecule has 1 atom stereocenters. The first-order valence-corrected chi connectivity index (χ1v) is 7.56. The van der Waals surface area contributed by atoms with Gasteiger partial charge in [-0.15, -0.1) is 0 Å². The van der Waals surface area contributed by atoms with Gasteiger partial charge in [0, 0.05) is 25.2 Å². The van der Waals surface area contributed by atoms with E-state index >= 15 is 0 Å². The van der Waals surface area contributed by atoms with Crippen LogP contribution in [0.1, 0.15) is 6.42 Å². The van der Waals surface area contributed by atoms with Crippen molar-refractivity contribution in [2.75, 3.05) is 49.8 Å². The first-order chi connectivity index (χ1) is 10.2. The minimum atomic E-state index is -0.519. The van der Waals surface area contributed by atoms with Gasteiger partial charge in [0.2, 0.25) is 0 Å². The van der Waals surface area contributed by atoms with E-state index in [1.54, 1.807) is 4.90 Å². The third-order valence-corrected chi connectivity index (χ3v) is 4.11. The summed E-state index contributed by atoms with van der Waals surface area (Å²) in [6.45, 7) is 2.90. The minimum absolute atomic E-state index is 0.0477. The molecule has 0 aliphatic carbocycles. The van der Waals surface area contributed by atoms with Gasteiger partial charge in [0.25, 0.3) is 5.91 Å². The van der Waals surface area contributed by atoms with Gasteiger partial charge in [-0.2, -0.15) is 0 Å². The van der Waals surface area contributed by atoms with E-state index in [0.717, 1.165) is 24.3 Å². The van der Waals surface area contributed by atoms with Crippen LogP contribution < -0.4 is 9.80 Å². The molecule has 3 rings (SSSR count). The van der Waals surface area contributed by atoms with Gasteiger partial charge in [-0.05, 0) is 24.6 Å². The van der Waals surface area contributed by atoms with Gasteiger partial charge in [-0.1, -0.05) is 11.6 Å². The summed E-state index contributed by atoms with van der Waals surface area (Å²) in [5.41, 5.74) is 1.86. The van der Waals surface area contributed by atoms with Gasteiger partial charge >= 0.3 is 0 Å². The van der Waals surface area contributed by atoms with E-state index < -0.39 is 6.10 Å². The quantitative estimate of drug-likeness (QED) is 0.795. The van der Waals surface area contributed by atoms with Crippen molar-refractivity contribution >= 4 is 28.9 Å². The molecule has 0 radical (unpaired) electrons. The number of nitrogens with zero attached hydrogens (tertiary/aromatic N) is 2. The Morgan fingerprint density at radius 2 is 2.14 bits per heavy atom. The van der Waals surface area contributed by atoms with Crippen molar-refractivity contribution in [1.82, 2.24) is 0 Å². The molecule has 0 aromatic heterocycles. The number of hydrogen-bond acceptors (Lipinski definition) is 4. The molecule has 114 valence electrons. The molecule has 2 heterocycles. The molecule has 0 spiro atoms. The average Bonchev–Trinajstić information content (AvgIpc) is 2.66. The molecule has 0 N–H and O–H groups in total. The van der Waals surface area contributed by atoms with Gasteiger partial charge in [-0.3, -0.25) is 4.79 Å². The summed E-state index contributed by atoms with van der Waals surface area (Å²) >= 11 is 6.12. The van der Waals surface area contributed by atoms with Crippen molar-refractivity contribution in [1.29, 1.82) is 0 Å². The highest BCUT2D eigenvalue weighted by Crippen LogP contribution is 2.34. The van der Waals surface area contributed by atoms with Crippen molar-refractivity contribution in [2.45, 2.75) is 12.5 Å². The van der Waals surface area contributed by atoms with Crippen LogP contribution in [0.2, 0.25) is 5.02 Å². The minimum Gasteiger partial charge on any atom is -0.376 e. The monoisotopic (exact) mass is 310 g/mol. The average molecular weight is 311 g/mol. The highest BCUT2D eigenvalue weighted by Gasteiger charge is 2.31. The Hall–Kier alpha value is -1.30. The molecule has 2 aliphatic heterocycles. The van der Waals surface area contributed by atoms with Gasteiger partial charge in [0.05, 0.1) is 31.2 Å². The summed E-state index contributed by atoms with van der Waals surface area (Å²) in [6, 6.07) is 5.66. The fourth-order valence-electron chi connectivity index (χ4n) is 2.78. The van der Waals surface area contributed by atoms with Gasteiger partial charge in [0.15, 0.2) is 6.10 Å². The normalized spacial score (nSPS) is 22.7. The molecular weight excluding hydrogens is 292 g/mol. The third-order valence-electron chi connectivity index (χ3n) is 3.87. The van der Waals surface area contributed by atoms with Gasteiger partial charge < -0.3 is 19.3 Å². The van der Waals surface area contributed by atoms with Gasteiger partial charge in [-0.25, -0.2) is 0 Å². The fraction of sp³-hybridized carbons (Fsp3) is 0.533. The van der Waals surface area contributed by atoms with Crippen LogP contribution in [0.15, 0.2) is 18.2 Å². The van der Waals surface area contributed by atoms with Crippen molar-refractivity contribution in [2.24, 2.45) is 0 Å². The summed E-state index contributed by atoms with van der Waals surface area (Å²) in [5, 5.41) is 0.627. The van der Waals surface area contributed by atoms with E-state index in [2.05, 4.69) is 4.90 Å². The molecule has 2 aliphatic rings. The second kappa shape index (κ2) is 6.22. The fourth-order valence-corrected chi connectivity index (χ4v) is 2.94. The van der Waals surface area contributed by atoms with E-state index in [9.17, 15) is 4.79 Å². The maximum absolute atomic E-state index is 12.7. The smallest absolute Gasteiger partial charge is 0.258 e. The summed E-state index contributed by atoms with van der Waals surface area (Å²) in [6.07, 6.45) is 0.385. The number of amides is 1. The predicted octanol–water partition coefficient (Wildman–Crippen LogP) is 1.93. The maximum atomic E-state index is 12.7. The number of carbonyl (C=O) groups is 1. The Morgan fingerprint density at radius 3 is 2.90 bits per heavy atom. The molecule has 5 nitrogen and oxygen atoms in total. The van der Waals surface area contributed by atoms with E-state index in [1.807, 2.05) is 25.2 Å². The highest BCUT2D eigenvalue weighted by molar-refractivity contribution is 6.31. The van der Waals surface area contributed by atoms with Crippen LogP contribution in [0.4, 0.5) is 11.4 Å². The van der Waals surface area contributed by atoms with E-state index in [-0.39, 0.29) is 5.91 Å². The van der Waals surface area contributed by atoms with Crippen molar-refractivity contribution in [3.05, 3.63) is 23.2 Å². The summed E-state index contributed by atoms with van der Waals surface area (Å²) in [7, 11) is 2.03. The van der Waals surface area contributed by atoms with Crippen LogP contribution in [0.5, 0.6) is 0 Å². The summed E-state index contributed by atoms with van der Waals surface area (Å²) < 4.78 is 10.9. The van der Waals surface area contributed by atoms with Crippen molar-refractivity contribution < 1.29 is 14.3 Å². The van der Waals surface area contributed by atoms with E-state index in [1.165, 1.54) is 0 Å². The van der Waals surface area contributed by atoms with Crippen molar-refractivity contribution in [3.8, 4) is 0 Å².